The minimum absolute atomic E-state index is 0.102. The van der Waals surface area contributed by atoms with Crippen molar-refractivity contribution in [2.24, 2.45) is 11.8 Å². The molecule has 1 aromatic rings. The van der Waals surface area contributed by atoms with Crippen LogP contribution >= 0.6 is 0 Å². The lowest BCUT2D eigenvalue weighted by Gasteiger charge is -2.25. The molecule has 1 N–H and O–H groups in total. The molecule has 26 heavy (non-hydrogen) atoms. The lowest BCUT2D eigenvalue weighted by atomic mass is 9.87. The van der Waals surface area contributed by atoms with Crippen molar-refractivity contribution in [1.82, 2.24) is 4.90 Å². The fourth-order valence-electron chi connectivity index (χ4n) is 3.07. The van der Waals surface area contributed by atoms with Crippen molar-refractivity contribution in [2.45, 2.75) is 39.3 Å². The summed E-state index contributed by atoms with van der Waals surface area (Å²) >= 11 is 0. The Labute approximate surface area is 153 Å². The van der Waals surface area contributed by atoms with Crippen molar-refractivity contribution in [3.8, 4) is 0 Å². The van der Waals surface area contributed by atoms with Crippen LogP contribution in [-0.2, 0) is 20.7 Å². The fraction of sp³-hybridized carbons (Fsp3) is 0.450. The number of amides is 2. The highest BCUT2D eigenvalue weighted by Crippen LogP contribution is 2.23. The molecule has 140 valence electrons. The van der Waals surface area contributed by atoms with Crippen LogP contribution in [-0.4, -0.2) is 46.5 Å². The van der Waals surface area contributed by atoms with Gasteiger partial charge in [-0.2, -0.15) is 0 Å². The third-order valence-corrected chi connectivity index (χ3v) is 4.74. The van der Waals surface area contributed by atoms with Crippen molar-refractivity contribution >= 4 is 17.8 Å². The van der Waals surface area contributed by atoms with Crippen LogP contribution in [0.25, 0.3) is 0 Å². The van der Waals surface area contributed by atoms with E-state index in [9.17, 15) is 19.5 Å². The quantitative estimate of drug-likeness (QED) is 0.597. The first-order valence-corrected chi connectivity index (χ1v) is 8.65. The number of aliphatic hydroxyl groups is 1. The van der Waals surface area contributed by atoms with Crippen LogP contribution in [0, 0.1) is 11.8 Å². The van der Waals surface area contributed by atoms with E-state index in [2.05, 4.69) is 6.58 Å². The van der Waals surface area contributed by atoms with Gasteiger partial charge in [-0.05, 0) is 25.8 Å². The van der Waals surface area contributed by atoms with E-state index >= 15 is 0 Å². The summed E-state index contributed by atoms with van der Waals surface area (Å²) in [6.07, 6.45) is -1.30. The zero-order valence-corrected chi connectivity index (χ0v) is 15.3. The first-order chi connectivity index (χ1) is 12.2. The second-order valence-electron chi connectivity index (χ2n) is 6.83. The largest absolute Gasteiger partial charge is 0.447 e. The van der Waals surface area contributed by atoms with Gasteiger partial charge in [-0.25, -0.2) is 9.69 Å². The van der Waals surface area contributed by atoms with Crippen LogP contribution in [0.3, 0.4) is 0 Å². The maximum Gasteiger partial charge on any atom is 0.417 e. The number of rotatable bonds is 7. The lowest BCUT2D eigenvalue weighted by Crippen LogP contribution is -2.46. The predicted octanol–water partition coefficient (Wildman–Crippen LogP) is 2.35. The second-order valence-corrected chi connectivity index (χ2v) is 6.83. The molecule has 0 unspecified atom stereocenters. The van der Waals surface area contributed by atoms with Gasteiger partial charge in [0.25, 0.3) is 0 Å². The molecular weight excluding hydrogens is 334 g/mol. The van der Waals surface area contributed by atoms with Gasteiger partial charge in [0.15, 0.2) is 5.78 Å². The number of imide groups is 1. The first kappa shape index (κ1) is 19.8. The van der Waals surface area contributed by atoms with E-state index in [-0.39, 0.29) is 6.61 Å². The van der Waals surface area contributed by atoms with Gasteiger partial charge in [-0.15, -0.1) is 0 Å². The maximum absolute atomic E-state index is 12.8. The average Bonchev–Trinajstić information content (AvgIpc) is 2.99. The molecule has 0 saturated carbocycles. The van der Waals surface area contributed by atoms with Crippen LogP contribution in [0.15, 0.2) is 42.5 Å². The van der Waals surface area contributed by atoms with E-state index in [1.54, 1.807) is 13.8 Å². The third-order valence-electron chi connectivity index (χ3n) is 4.74. The highest BCUT2D eigenvalue weighted by Gasteiger charge is 2.42. The summed E-state index contributed by atoms with van der Waals surface area (Å²) in [5, 5.41) is 10.0. The molecule has 0 aromatic heterocycles. The van der Waals surface area contributed by atoms with E-state index in [1.165, 1.54) is 6.92 Å². The Hall–Kier alpha value is -2.47. The third kappa shape index (κ3) is 4.19. The number of benzene rings is 1. The van der Waals surface area contributed by atoms with E-state index in [0.29, 0.717) is 12.0 Å². The number of carbonyl (C=O) groups excluding carboxylic acids is 3. The number of ketones is 1. The normalized spacial score (nSPS) is 20.2. The number of Topliss-reactive ketones (excluding diaryl/α,β-unsaturated/α-hetero) is 1. The van der Waals surface area contributed by atoms with Crippen LogP contribution in [0.2, 0.25) is 0 Å². The van der Waals surface area contributed by atoms with Gasteiger partial charge in [0.1, 0.15) is 6.61 Å². The molecule has 0 bridgehead atoms. The van der Waals surface area contributed by atoms with Crippen molar-refractivity contribution < 1.29 is 24.2 Å². The molecule has 0 aliphatic carbocycles. The van der Waals surface area contributed by atoms with Gasteiger partial charge in [0.2, 0.25) is 5.91 Å². The number of nitrogens with zero attached hydrogens (tertiary/aromatic N) is 1. The van der Waals surface area contributed by atoms with Crippen molar-refractivity contribution in [1.29, 1.82) is 0 Å². The van der Waals surface area contributed by atoms with Crippen LogP contribution in [0.4, 0.5) is 4.79 Å². The van der Waals surface area contributed by atoms with Crippen molar-refractivity contribution in [3.63, 3.8) is 0 Å². The number of hydrogen-bond acceptors (Lipinski definition) is 5. The van der Waals surface area contributed by atoms with Gasteiger partial charge in [0, 0.05) is 5.92 Å². The van der Waals surface area contributed by atoms with Crippen molar-refractivity contribution in [3.05, 3.63) is 48.0 Å². The SMILES string of the molecule is C=C(C)[C@@H](O)[C@H](C)C(=O)[C@H](C)C(=O)N1C(=O)OC[C@@H]1Cc1ccccc1. The molecular formula is C20H25NO5. The number of carbonyl (C=O) groups is 3. The molecule has 1 aromatic carbocycles. The van der Waals surface area contributed by atoms with E-state index in [4.69, 9.17) is 4.74 Å². The molecule has 2 rings (SSSR count). The molecule has 6 nitrogen and oxygen atoms in total. The monoisotopic (exact) mass is 359 g/mol. The fourth-order valence-corrected chi connectivity index (χ4v) is 3.07. The molecule has 2 amide bonds. The molecule has 0 radical (unpaired) electrons. The minimum atomic E-state index is -1.05. The number of aliphatic hydroxyl groups excluding tert-OH is 1. The molecule has 0 spiro atoms. The highest BCUT2D eigenvalue weighted by molar-refractivity contribution is 6.07. The standard InChI is InChI=1S/C20H25NO5/c1-12(2)17(22)13(3)18(23)14(4)19(24)21-16(11-26-20(21)25)10-15-8-6-5-7-9-15/h5-9,13-14,16-17,22H,1,10-11H2,2-4H3/t13-,14-,16-,17+/m0/s1. The van der Waals surface area contributed by atoms with Gasteiger partial charge >= 0.3 is 6.09 Å². The Morgan fingerprint density at radius 3 is 2.50 bits per heavy atom. The Morgan fingerprint density at radius 1 is 1.31 bits per heavy atom. The number of hydrogen-bond donors (Lipinski definition) is 1. The molecule has 1 heterocycles. The van der Waals surface area contributed by atoms with Gasteiger partial charge < -0.3 is 9.84 Å². The molecule has 1 aliphatic rings. The molecule has 6 heteroatoms. The smallest absolute Gasteiger partial charge is 0.417 e. The van der Waals surface area contributed by atoms with Crippen LogP contribution in [0.5, 0.6) is 0 Å². The number of ether oxygens (including phenoxy) is 1. The zero-order valence-electron chi connectivity index (χ0n) is 15.3. The number of cyclic esters (lactones) is 1. The first-order valence-electron chi connectivity index (χ1n) is 8.65. The molecule has 1 aliphatic heterocycles. The lowest BCUT2D eigenvalue weighted by molar-refractivity contribution is -0.141. The van der Waals surface area contributed by atoms with Crippen molar-refractivity contribution in [2.75, 3.05) is 6.61 Å². The summed E-state index contributed by atoms with van der Waals surface area (Å²) in [7, 11) is 0. The minimum Gasteiger partial charge on any atom is -0.447 e. The van der Waals surface area contributed by atoms with Gasteiger partial charge in [-0.3, -0.25) is 9.59 Å². The summed E-state index contributed by atoms with van der Waals surface area (Å²) in [6.45, 7) is 8.37. The maximum atomic E-state index is 12.8. The molecule has 1 saturated heterocycles. The molecule has 1 fully saturated rings. The Balaban J connectivity index is 2.13. The summed E-state index contributed by atoms with van der Waals surface area (Å²) in [6, 6.07) is 9.01. The van der Waals surface area contributed by atoms with Gasteiger partial charge in [-0.1, -0.05) is 49.4 Å². The molecule has 4 atom stereocenters. The zero-order chi connectivity index (χ0) is 19.4. The van der Waals surface area contributed by atoms with E-state index in [1.807, 2.05) is 30.3 Å². The van der Waals surface area contributed by atoms with E-state index < -0.39 is 41.8 Å². The summed E-state index contributed by atoms with van der Waals surface area (Å²) in [5.74, 6) is -2.86. The Morgan fingerprint density at radius 2 is 1.92 bits per heavy atom. The Kier molecular flexibility index (Phi) is 6.32. The second kappa shape index (κ2) is 8.27. The summed E-state index contributed by atoms with van der Waals surface area (Å²) in [4.78, 5) is 38.5. The van der Waals surface area contributed by atoms with Crippen LogP contribution < -0.4 is 0 Å². The Bertz CT molecular complexity index is 699. The highest BCUT2D eigenvalue weighted by atomic mass is 16.6. The average molecular weight is 359 g/mol. The summed E-state index contributed by atoms with van der Waals surface area (Å²) < 4.78 is 5.04. The van der Waals surface area contributed by atoms with Gasteiger partial charge in [0.05, 0.1) is 18.1 Å². The predicted molar refractivity (Wildman–Crippen MR) is 96.3 cm³/mol. The summed E-state index contributed by atoms with van der Waals surface area (Å²) in [5.41, 5.74) is 1.42. The van der Waals surface area contributed by atoms with Crippen LogP contribution in [0.1, 0.15) is 26.3 Å². The van der Waals surface area contributed by atoms with E-state index in [0.717, 1.165) is 10.5 Å². The topological polar surface area (TPSA) is 83.9 Å².